The minimum atomic E-state index is -0.735. The molecule has 2 N–H and O–H groups in total. The molecule has 168 valence electrons. The molecule has 2 aromatic carbocycles. The van der Waals surface area contributed by atoms with Crippen molar-refractivity contribution in [1.82, 2.24) is 10.4 Å². The predicted molar refractivity (Wildman–Crippen MR) is 120 cm³/mol. The molecule has 1 aliphatic rings. The van der Waals surface area contributed by atoms with Crippen LogP contribution >= 0.6 is 0 Å². The van der Waals surface area contributed by atoms with Crippen LogP contribution in [0.25, 0.3) is 0 Å². The maximum Gasteiger partial charge on any atom is 0.429 e. The number of carbonyl (C=O) groups is 2. The number of carbonyl (C=O) groups excluding carboxylic acids is 2. The molecule has 0 bridgehead atoms. The van der Waals surface area contributed by atoms with E-state index in [1.165, 1.54) is 5.01 Å². The molecule has 32 heavy (non-hydrogen) atoms. The summed E-state index contributed by atoms with van der Waals surface area (Å²) in [4.78, 5) is 24.8. The van der Waals surface area contributed by atoms with Gasteiger partial charge in [-0.3, -0.25) is 0 Å². The van der Waals surface area contributed by atoms with Gasteiger partial charge in [0.2, 0.25) is 0 Å². The van der Waals surface area contributed by atoms with Gasteiger partial charge in [-0.1, -0.05) is 71.9 Å². The van der Waals surface area contributed by atoms with Crippen LogP contribution in [0.5, 0.6) is 0 Å². The van der Waals surface area contributed by atoms with Crippen LogP contribution in [0.15, 0.2) is 71.9 Å². The molecule has 0 aromatic heterocycles. The molecule has 2 atom stereocenters. The lowest BCUT2D eigenvalue weighted by Crippen LogP contribution is -2.53. The molecule has 8 nitrogen and oxygen atoms in total. The molecule has 3 rings (SSSR count). The van der Waals surface area contributed by atoms with Crippen molar-refractivity contribution in [3.63, 3.8) is 0 Å². The highest BCUT2D eigenvalue weighted by Gasteiger charge is 2.36. The van der Waals surface area contributed by atoms with Crippen molar-refractivity contribution in [3.8, 4) is 0 Å². The van der Waals surface area contributed by atoms with Gasteiger partial charge < -0.3 is 14.7 Å². The van der Waals surface area contributed by atoms with Gasteiger partial charge in [-0.15, -0.1) is 0 Å². The van der Waals surface area contributed by atoms with Crippen molar-refractivity contribution < 1.29 is 24.3 Å². The summed E-state index contributed by atoms with van der Waals surface area (Å²) in [6.07, 6.45) is 3.02. The number of amides is 2. The van der Waals surface area contributed by atoms with E-state index in [0.29, 0.717) is 12.1 Å². The zero-order chi connectivity index (χ0) is 22.9. The SMILES string of the molecule is CCOC(=O)NN(C(=O)OCC)[C@@H]1CC=C[C@H]1c1ccccc1/C(=N/O)c1ccccc1. The second-order valence-corrected chi connectivity index (χ2v) is 7.06. The number of hydrogen-bond donors (Lipinski definition) is 2. The van der Waals surface area contributed by atoms with E-state index in [1.54, 1.807) is 13.8 Å². The molecule has 2 amide bonds. The summed E-state index contributed by atoms with van der Waals surface area (Å²) in [5.74, 6) is -0.280. The lowest BCUT2D eigenvalue weighted by atomic mass is 9.87. The van der Waals surface area contributed by atoms with E-state index < -0.39 is 18.2 Å². The summed E-state index contributed by atoms with van der Waals surface area (Å²) in [5.41, 5.74) is 5.27. The Kier molecular flexibility index (Phi) is 7.85. The van der Waals surface area contributed by atoms with Gasteiger partial charge in [0.05, 0.1) is 19.3 Å². The minimum Gasteiger partial charge on any atom is -0.449 e. The first-order chi connectivity index (χ1) is 15.6. The summed E-state index contributed by atoms with van der Waals surface area (Å²) in [6.45, 7) is 3.72. The number of hydrazine groups is 1. The largest absolute Gasteiger partial charge is 0.449 e. The molecule has 0 spiro atoms. The van der Waals surface area contributed by atoms with Crippen LogP contribution in [0.3, 0.4) is 0 Å². The fraction of sp³-hybridized carbons (Fsp3) is 0.292. The van der Waals surface area contributed by atoms with Crippen molar-refractivity contribution in [3.05, 3.63) is 83.4 Å². The quantitative estimate of drug-likeness (QED) is 0.301. The Morgan fingerprint density at radius 3 is 2.44 bits per heavy atom. The Hall–Kier alpha value is -3.81. The molecule has 0 unspecified atom stereocenters. The molecule has 0 saturated carbocycles. The van der Waals surface area contributed by atoms with Crippen molar-refractivity contribution in [2.75, 3.05) is 13.2 Å². The third-order valence-corrected chi connectivity index (χ3v) is 5.14. The number of nitrogens with one attached hydrogen (secondary N) is 1. The third-order valence-electron chi connectivity index (χ3n) is 5.14. The van der Waals surface area contributed by atoms with Crippen LogP contribution in [-0.4, -0.2) is 47.4 Å². The number of oxime groups is 1. The highest BCUT2D eigenvalue weighted by molar-refractivity contribution is 6.13. The molecule has 0 aliphatic heterocycles. The average molecular weight is 437 g/mol. The number of hydrogen-bond acceptors (Lipinski definition) is 6. The summed E-state index contributed by atoms with van der Waals surface area (Å²) >= 11 is 0. The lowest BCUT2D eigenvalue weighted by molar-refractivity contribution is 0.0541. The molecular weight excluding hydrogens is 410 g/mol. The lowest BCUT2D eigenvalue weighted by Gasteiger charge is -2.32. The second-order valence-electron chi connectivity index (χ2n) is 7.06. The van der Waals surface area contributed by atoms with Gasteiger partial charge in [-0.2, -0.15) is 0 Å². The van der Waals surface area contributed by atoms with E-state index in [2.05, 4.69) is 10.6 Å². The maximum absolute atomic E-state index is 12.7. The maximum atomic E-state index is 12.7. The number of benzene rings is 2. The molecular formula is C24H27N3O5. The monoisotopic (exact) mass is 437 g/mol. The highest BCUT2D eigenvalue weighted by atomic mass is 16.6. The van der Waals surface area contributed by atoms with Gasteiger partial charge in [0.1, 0.15) is 5.71 Å². The van der Waals surface area contributed by atoms with Crippen molar-refractivity contribution in [1.29, 1.82) is 0 Å². The van der Waals surface area contributed by atoms with E-state index in [9.17, 15) is 14.8 Å². The Morgan fingerprint density at radius 2 is 1.75 bits per heavy atom. The van der Waals surface area contributed by atoms with E-state index in [1.807, 2.05) is 66.7 Å². The Labute approximate surface area is 187 Å². The van der Waals surface area contributed by atoms with Crippen molar-refractivity contribution in [2.24, 2.45) is 5.16 Å². The second kappa shape index (κ2) is 11.0. The first-order valence-electron chi connectivity index (χ1n) is 10.5. The fourth-order valence-corrected chi connectivity index (χ4v) is 3.80. The first-order valence-corrected chi connectivity index (χ1v) is 10.5. The van der Waals surface area contributed by atoms with E-state index in [4.69, 9.17) is 9.47 Å². The smallest absolute Gasteiger partial charge is 0.429 e. The Balaban J connectivity index is 1.99. The summed E-state index contributed by atoms with van der Waals surface area (Å²) < 4.78 is 10.1. The van der Waals surface area contributed by atoms with Gasteiger partial charge in [0.25, 0.3) is 0 Å². The van der Waals surface area contributed by atoms with Crippen LogP contribution in [0.4, 0.5) is 9.59 Å². The molecule has 0 heterocycles. The van der Waals surface area contributed by atoms with Crippen LogP contribution in [0.2, 0.25) is 0 Å². The van der Waals surface area contributed by atoms with Crippen molar-refractivity contribution in [2.45, 2.75) is 32.2 Å². The van der Waals surface area contributed by atoms with Gasteiger partial charge in [-0.25, -0.2) is 20.0 Å². The first kappa shape index (κ1) is 22.9. The molecule has 0 saturated heterocycles. The average Bonchev–Trinajstić information content (AvgIpc) is 3.29. The fourth-order valence-electron chi connectivity index (χ4n) is 3.80. The Morgan fingerprint density at radius 1 is 1.06 bits per heavy atom. The topological polar surface area (TPSA) is 100 Å². The number of ether oxygens (including phenoxy) is 2. The Bertz CT molecular complexity index is 990. The molecule has 1 aliphatic carbocycles. The normalized spacial score (nSPS) is 17.6. The van der Waals surface area contributed by atoms with Crippen LogP contribution < -0.4 is 5.43 Å². The van der Waals surface area contributed by atoms with E-state index in [-0.39, 0.29) is 19.1 Å². The standard InChI is InChI=1S/C24H27N3O5/c1-3-31-23(28)25-27(24(29)32-4-2)21-16-10-15-19(21)18-13-8-9-14-20(18)22(26-30)17-11-6-5-7-12-17/h5-15,19,21,30H,3-4,16H2,1-2H3,(H,25,28)/b26-22+/t19-,21+/m0/s1. The van der Waals surface area contributed by atoms with Crippen LogP contribution in [0, 0.1) is 0 Å². The van der Waals surface area contributed by atoms with Gasteiger partial charge >= 0.3 is 12.2 Å². The summed E-state index contributed by atoms with van der Waals surface area (Å²) in [5, 5.41) is 14.6. The number of rotatable bonds is 6. The minimum absolute atomic E-state index is 0.163. The molecule has 2 aromatic rings. The zero-order valence-corrected chi connectivity index (χ0v) is 18.1. The van der Waals surface area contributed by atoms with Crippen LogP contribution in [0.1, 0.15) is 42.9 Å². The zero-order valence-electron chi connectivity index (χ0n) is 18.1. The number of nitrogens with zero attached hydrogens (tertiary/aromatic N) is 2. The third kappa shape index (κ3) is 5.08. The molecule has 0 radical (unpaired) electrons. The van der Waals surface area contributed by atoms with Gasteiger partial charge in [0.15, 0.2) is 0 Å². The molecule has 8 heteroatoms. The van der Waals surface area contributed by atoms with Crippen LogP contribution in [-0.2, 0) is 9.47 Å². The highest BCUT2D eigenvalue weighted by Crippen LogP contribution is 2.35. The predicted octanol–water partition coefficient (Wildman–Crippen LogP) is 4.44. The summed E-state index contributed by atoms with van der Waals surface area (Å²) in [7, 11) is 0. The van der Waals surface area contributed by atoms with Gasteiger partial charge in [-0.05, 0) is 25.8 Å². The summed E-state index contributed by atoms with van der Waals surface area (Å²) in [6, 6.07) is 16.4. The molecule has 0 fully saturated rings. The van der Waals surface area contributed by atoms with E-state index in [0.717, 1.165) is 16.7 Å². The van der Waals surface area contributed by atoms with E-state index >= 15 is 0 Å². The van der Waals surface area contributed by atoms with Crippen molar-refractivity contribution >= 4 is 17.9 Å². The van der Waals surface area contributed by atoms with Gasteiger partial charge in [0, 0.05) is 17.0 Å².